The van der Waals surface area contributed by atoms with Gasteiger partial charge in [-0.2, -0.15) is 0 Å². The number of pyridine rings is 1. The summed E-state index contributed by atoms with van der Waals surface area (Å²) in [5.74, 6) is -0.314. The number of hydrogen-bond acceptors (Lipinski definition) is 3. The largest absolute Gasteiger partial charge is 0.276 e. The fraction of sp³-hybridized carbons (Fsp3) is 0.0769. The second-order valence-electron chi connectivity index (χ2n) is 3.58. The number of halogens is 1. The van der Waals surface area contributed by atoms with Crippen LogP contribution in [0.3, 0.4) is 0 Å². The van der Waals surface area contributed by atoms with Gasteiger partial charge >= 0.3 is 0 Å². The molecule has 0 unspecified atom stereocenters. The second kappa shape index (κ2) is 6.28. The molecule has 92 valence electrons. The van der Waals surface area contributed by atoms with Crippen LogP contribution in [0.5, 0.6) is 0 Å². The molecule has 4 nitrogen and oxygen atoms in total. The quantitative estimate of drug-likeness (QED) is 0.698. The molecule has 1 N–H and O–H groups in total. The number of carbonyl (C=O) groups is 1. The highest BCUT2D eigenvalue weighted by Gasteiger charge is 2.05. The molecule has 2 rings (SSSR count). The predicted molar refractivity (Wildman–Crippen MR) is 70.6 cm³/mol. The van der Waals surface area contributed by atoms with E-state index in [1.54, 1.807) is 12.1 Å². The number of rotatable bonds is 4. The molecule has 18 heavy (non-hydrogen) atoms. The van der Waals surface area contributed by atoms with E-state index < -0.39 is 0 Å². The van der Waals surface area contributed by atoms with Crippen molar-refractivity contribution < 1.29 is 9.63 Å². The molecule has 0 saturated carbocycles. The smallest absolute Gasteiger partial charge is 0.269 e. The van der Waals surface area contributed by atoms with Crippen molar-refractivity contribution in [2.45, 2.75) is 6.61 Å². The highest BCUT2D eigenvalue weighted by Crippen LogP contribution is 2.06. The molecule has 1 aromatic carbocycles. The average molecular weight is 307 g/mol. The van der Waals surface area contributed by atoms with Gasteiger partial charge in [-0.25, -0.2) is 10.5 Å². The third-order valence-electron chi connectivity index (χ3n) is 2.24. The van der Waals surface area contributed by atoms with Crippen LogP contribution in [0.1, 0.15) is 15.9 Å². The van der Waals surface area contributed by atoms with Gasteiger partial charge in [-0.1, -0.05) is 30.3 Å². The molecule has 0 aliphatic carbocycles. The van der Waals surface area contributed by atoms with Gasteiger partial charge in [0.1, 0.15) is 4.60 Å². The highest BCUT2D eigenvalue weighted by atomic mass is 79.9. The van der Waals surface area contributed by atoms with Gasteiger partial charge in [-0.05, 0) is 33.6 Å². The molecule has 0 bridgehead atoms. The normalized spacial score (nSPS) is 10.1. The Hall–Kier alpha value is -1.72. The van der Waals surface area contributed by atoms with Crippen LogP contribution < -0.4 is 5.48 Å². The maximum absolute atomic E-state index is 11.7. The van der Waals surface area contributed by atoms with E-state index >= 15 is 0 Å². The monoisotopic (exact) mass is 306 g/mol. The van der Waals surface area contributed by atoms with Gasteiger partial charge in [0.25, 0.3) is 5.91 Å². The van der Waals surface area contributed by atoms with Crippen LogP contribution in [-0.2, 0) is 11.4 Å². The van der Waals surface area contributed by atoms with Crippen LogP contribution in [0, 0.1) is 0 Å². The number of nitrogens with one attached hydrogen (secondary N) is 1. The molecule has 0 spiro atoms. The SMILES string of the molecule is O=C(NOCc1ccccc1)c1ccc(Br)nc1. The summed E-state index contributed by atoms with van der Waals surface area (Å²) in [6.07, 6.45) is 1.48. The number of carbonyl (C=O) groups excluding carboxylic acids is 1. The van der Waals surface area contributed by atoms with Crippen molar-refractivity contribution in [1.82, 2.24) is 10.5 Å². The van der Waals surface area contributed by atoms with Gasteiger partial charge in [0, 0.05) is 6.20 Å². The summed E-state index contributed by atoms with van der Waals surface area (Å²) in [4.78, 5) is 20.7. The minimum absolute atomic E-state index is 0.314. The molecule has 1 aromatic heterocycles. The molecule has 1 amide bonds. The average Bonchev–Trinajstić information content (AvgIpc) is 2.40. The van der Waals surface area contributed by atoms with E-state index in [4.69, 9.17) is 4.84 Å². The summed E-state index contributed by atoms with van der Waals surface area (Å²) in [5, 5.41) is 0. The first-order valence-electron chi connectivity index (χ1n) is 5.33. The van der Waals surface area contributed by atoms with Gasteiger partial charge in [-0.15, -0.1) is 0 Å². The van der Waals surface area contributed by atoms with Crippen molar-refractivity contribution in [2.75, 3.05) is 0 Å². The number of aromatic nitrogens is 1. The van der Waals surface area contributed by atoms with Crippen LogP contribution >= 0.6 is 15.9 Å². The van der Waals surface area contributed by atoms with E-state index in [2.05, 4.69) is 26.4 Å². The number of amides is 1. The fourth-order valence-corrected chi connectivity index (χ4v) is 1.56. The van der Waals surface area contributed by atoms with Crippen LogP contribution in [0.2, 0.25) is 0 Å². The van der Waals surface area contributed by atoms with Crippen LogP contribution in [0.25, 0.3) is 0 Å². The molecular weight excluding hydrogens is 296 g/mol. The lowest BCUT2D eigenvalue weighted by Crippen LogP contribution is -2.23. The Kier molecular flexibility index (Phi) is 4.44. The maximum Gasteiger partial charge on any atom is 0.276 e. The van der Waals surface area contributed by atoms with Crippen molar-refractivity contribution in [3.63, 3.8) is 0 Å². The number of hydrogen-bond donors (Lipinski definition) is 1. The zero-order valence-corrected chi connectivity index (χ0v) is 11.1. The summed E-state index contributed by atoms with van der Waals surface area (Å²) < 4.78 is 0.684. The van der Waals surface area contributed by atoms with E-state index in [1.807, 2.05) is 30.3 Å². The van der Waals surface area contributed by atoms with Gasteiger partial charge in [-0.3, -0.25) is 9.63 Å². The summed E-state index contributed by atoms with van der Waals surface area (Å²) in [6.45, 7) is 0.330. The molecule has 0 atom stereocenters. The minimum atomic E-state index is -0.314. The Morgan fingerprint density at radius 1 is 1.22 bits per heavy atom. The molecule has 0 aliphatic rings. The molecule has 2 aromatic rings. The van der Waals surface area contributed by atoms with Crippen LogP contribution in [0.15, 0.2) is 53.3 Å². The Morgan fingerprint density at radius 3 is 2.67 bits per heavy atom. The van der Waals surface area contributed by atoms with Crippen molar-refractivity contribution in [1.29, 1.82) is 0 Å². The summed E-state index contributed by atoms with van der Waals surface area (Å²) in [5.41, 5.74) is 3.82. The van der Waals surface area contributed by atoms with E-state index in [1.165, 1.54) is 6.20 Å². The zero-order chi connectivity index (χ0) is 12.8. The van der Waals surface area contributed by atoms with Crippen LogP contribution in [-0.4, -0.2) is 10.9 Å². The first-order valence-corrected chi connectivity index (χ1v) is 6.12. The van der Waals surface area contributed by atoms with Crippen molar-refractivity contribution in [2.24, 2.45) is 0 Å². The summed E-state index contributed by atoms with van der Waals surface area (Å²) in [7, 11) is 0. The fourth-order valence-electron chi connectivity index (χ4n) is 1.33. The second-order valence-corrected chi connectivity index (χ2v) is 4.39. The number of hydroxylamine groups is 1. The Balaban J connectivity index is 1.84. The Labute approximate surface area is 113 Å². The van der Waals surface area contributed by atoms with Crippen molar-refractivity contribution >= 4 is 21.8 Å². The highest BCUT2D eigenvalue weighted by molar-refractivity contribution is 9.10. The lowest BCUT2D eigenvalue weighted by Gasteiger charge is -2.05. The van der Waals surface area contributed by atoms with Crippen LogP contribution in [0.4, 0.5) is 0 Å². The first-order chi connectivity index (χ1) is 8.75. The van der Waals surface area contributed by atoms with Crippen molar-refractivity contribution in [3.8, 4) is 0 Å². The molecular formula is C13H11BrN2O2. The standard InChI is InChI=1S/C13H11BrN2O2/c14-12-7-6-11(8-15-12)13(17)16-18-9-10-4-2-1-3-5-10/h1-8H,9H2,(H,16,17). The third kappa shape index (κ3) is 3.65. The molecule has 1 heterocycles. The van der Waals surface area contributed by atoms with Crippen molar-refractivity contribution in [3.05, 3.63) is 64.4 Å². The minimum Gasteiger partial charge on any atom is -0.269 e. The zero-order valence-electron chi connectivity index (χ0n) is 9.47. The molecule has 5 heteroatoms. The van der Waals surface area contributed by atoms with Gasteiger partial charge in [0.05, 0.1) is 12.2 Å². The molecule has 0 saturated heterocycles. The van der Waals surface area contributed by atoms with Gasteiger partial charge in [0.2, 0.25) is 0 Å². The van der Waals surface area contributed by atoms with E-state index in [9.17, 15) is 4.79 Å². The van der Waals surface area contributed by atoms with E-state index in [0.29, 0.717) is 16.8 Å². The lowest BCUT2D eigenvalue weighted by atomic mass is 10.2. The predicted octanol–water partition coefficient (Wildman–Crippen LogP) is 2.71. The number of nitrogens with zero attached hydrogens (tertiary/aromatic N) is 1. The summed E-state index contributed by atoms with van der Waals surface area (Å²) in [6, 6.07) is 13.0. The summed E-state index contributed by atoms with van der Waals surface area (Å²) >= 11 is 3.20. The van der Waals surface area contributed by atoms with E-state index in [0.717, 1.165) is 5.56 Å². The molecule has 0 radical (unpaired) electrons. The van der Waals surface area contributed by atoms with E-state index in [-0.39, 0.29) is 5.91 Å². The van der Waals surface area contributed by atoms with Gasteiger partial charge < -0.3 is 0 Å². The topological polar surface area (TPSA) is 51.2 Å². The third-order valence-corrected chi connectivity index (χ3v) is 2.71. The Bertz CT molecular complexity index is 514. The number of benzene rings is 1. The molecule has 0 aliphatic heterocycles. The Morgan fingerprint density at radius 2 is 2.00 bits per heavy atom. The maximum atomic E-state index is 11.7. The first kappa shape index (κ1) is 12.7. The van der Waals surface area contributed by atoms with Gasteiger partial charge in [0.15, 0.2) is 0 Å². The lowest BCUT2D eigenvalue weighted by molar-refractivity contribution is 0.0233. The molecule has 0 fully saturated rings.